The number of aliphatic hydroxyl groups is 7. The molecule has 1 fully saturated rings. The number of carbonyl (C=O) groups excluding carboxylic acids is 1. The highest BCUT2D eigenvalue weighted by Gasteiger charge is 2.44. The SMILES string of the molecule is CCCCCCCCCCCCCCCCCCCCCCCCCCCCCCC(O)C(=O)NC(COC1OC(CO)C(O)C(O)C1O)C(O)C(O)CCCCCCCCCCCCCCCCCCCCCC. The molecule has 0 radical (unpaired) electrons. The minimum atomic E-state index is -1.66. The summed E-state index contributed by atoms with van der Waals surface area (Å²) in [6.07, 6.45) is 51.7. The van der Waals surface area contributed by atoms with Gasteiger partial charge in [0, 0.05) is 0 Å². The summed E-state index contributed by atoms with van der Waals surface area (Å²) in [5.74, 6) is -0.688. The topological polar surface area (TPSA) is 189 Å². The molecule has 1 heterocycles. The number of amides is 1. The Bertz CT molecular complexity index is 1180. The zero-order valence-corrected chi connectivity index (χ0v) is 49.3. The van der Waals surface area contributed by atoms with Crippen LogP contribution < -0.4 is 5.32 Å². The number of nitrogens with one attached hydrogen (secondary N) is 1. The molecule has 75 heavy (non-hydrogen) atoms. The highest BCUT2D eigenvalue weighted by molar-refractivity contribution is 5.80. The molecule has 11 nitrogen and oxygen atoms in total. The van der Waals surface area contributed by atoms with Crippen LogP contribution in [-0.4, -0.2) is 110 Å². The Labute approximate surface area is 462 Å². The van der Waals surface area contributed by atoms with Crippen LogP contribution in [0.3, 0.4) is 0 Å². The number of aliphatic hydroxyl groups excluding tert-OH is 7. The first-order valence-corrected chi connectivity index (χ1v) is 32.9. The zero-order chi connectivity index (χ0) is 54.7. The Morgan fingerprint density at radius 1 is 0.413 bits per heavy atom. The van der Waals surface area contributed by atoms with Crippen molar-refractivity contribution in [1.82, 2.24) is 5.32 Å². The second-order valence-electron chi connectivity index (χ2n) is 23.6. The van der Waals surface area contributed by atoms with E-state index in [4.69, 9.17) is 9.47 Å². The smallest absolute Gasteiger partial charge is 0.249 e. The third kappa shape index (κ3) is 41.7. The van der Waals surface area contributed by atoms with Crippen LogP contribution in [0.4, 0.5) is 0 Å². The van der Waals surface area contributed by atoms with Gasteiger partial charge in [0.25, 0.3) is 0 Å². The second kappa shape index (κ2) is 53.7. The van der Waals surface area contributed by atoms with Gasteiger partial charge in [-0.1, -0.05) is 322 Å². The summed E-state index contributed by atoms with van der Waals surface area (Å²) in [5, 5.41) is 76.4. The highest BCUT2D eigenvalue weighted by Crippen LogP contribution is 2.24. The molecule has 0 aromatic carbocycles. The number of rotatable bonds is 58. The summed E-state index contributed by atoms with van der Waals surface area (Å²) >= 11 is 0. The summed E-state index contributed by atoms with van der Waals surface area (Å²) in [4.78, 5) is 13.2. The lowest BCUT2D eigenvalue weighted by Crippen LogP contribution is -2.60. The Morgan fingerprint density at radius 2 is 0.693 bits per heavy atom. The summed E-state index contributed by atoms with van der Waals surface area (Å²) in [6.45, 7) is 3.52. The summed E-state index contributed by atoms with van der Waals surface area (Å²) in [6, 6.07) is -1.16. The summed E-state index contributed by atoms with van der Waals surface area (Å²) < 4.78 is 11.2. The molecule has 9 atom stereocenters. The molecule has 1 saturated heterocycles. The van der Waals surface area contributed by atoms with Crippen LogP contribution in [0.25, 0.3) is 0 Å². The first kappa shape index (κ1) is 72.1. The van der Waals surface area contributed by atoms with E-state index in [-0.39, 0.29) is 6.42 Å². The van der Waals surface area contributed by atoms with Gasteiger partial charge in [-0.3, -0.25) is 4.79 Å². The lowest BCUT2D eigenvalue weighted by molar-refractivity contribution is -0.303. The van der Waals surface area contributed by atoms with Crippen molar-refractivity contribution in [3.63, 3.8) is 0 Å². The molecule has 0 bridgehead atoms. The second-order valence-corrected chi connectivity index (χ2v) is 23.6. The van der Waals surface area contributed by atoms with Crippen molar-refractivity contribution in [2.24, 2.45) is 0 Å². The number of carbonyl (C=O) groups is 1. The fraction of sp³-hybridized carbons (Fsp3) is 0.984. The van der Waals surface area contributed by atoms with Crippen LogP contribution in [-0.2, 0) is 14.3 Å². The predicted octanol–water partition coefficient (Wildman–Crippen LogP) is 14.9. The van der Waals surface area contributed by atoms with Crippen LogP contribution in [0.5, 0.6) is 0 Å². The van der Waals surface area contributed by atoms with Crippen molar-refractivity contribution in [2.45, 2.75) is 390 Å². The van der Waals surface area contributed by atoms with Gasteiger partial charge >= 0.3 is 0 Å². The molecule has 1 rings (SSSR count). The van der Waals surface area contributed by atoms with Crippen LogP contribution in [0.15, 0.2) is 0 Å². The van der Waals surface area contributed by atoms with E-state index in [1.165, 1.54) is 257 Å². The molecule has 1 amide bonds. The zero-order valence-electron chi connectivity index (χ0n) is 49.3. The van der Waals surface area contributed by atoms with Crippen molar-refractivity contribution in [3.05, 3.63) is 0 Å². The molecule has 0 aromatic rings. The van der Waals surface area contributed by atoms with Crippen molar-refractivity contribution in [2.75, 3.05) is 13.2 Å². The number of ether oxygens (including phenoxy) is 2. The van der Waals surface area contributed by atoms with Gasteiger partial charge in [-0.2, -0.15) is 0 Å². The molecule has 448 valence electrons. The molecule has 8 N–H and O–H groups in total. The van der Waals surface area contributed by atoms with Crippen LogP contribution in [0.1, 0.15) is 335 Å². The van der Waals surface area contributed by atoms with E-state index in [0.717, 1.165) is 38.5 Å². The van der Waals surface area contributed by atoms with E-state index >= 15 is 0 Å². The van der Waals surface area contributed by atoms with Crippen LogP contribution in [0, 0.1) is 0 Å². The standard InChI is InChI=1S/C64H127NO10/c1-3-5-7-9-11-13-15-17-19-21-23-25-26-27-28-29-30-31-32-34-36-38-40-42-44-46-48-50-52-57(68)63(73)65-55(54-74-64-62(72)61(71)60(70)58(53-66)75-64)59(69)56(67)51-49-47-45-43-41-39-37-35-33-24-22-20-18-16-14-12-10-8-6-4-2/h55-62,64,66-72H,3-54H2,1-2H3,(H,65,73). The van der Waals surface area contributed by atoms with E-state index in [2.05, 4.69) is 19.2 Å². The number of unbranched alkanes of at least 4 members (excludes halogenated alkanes) is 46. The van der Waals surface area contributed by atoms with E-state index in [9.17, 15) is 40.5 Å². The van der Waals surface area contributed by atoms with Crippen molar-refractivity contribution < 1.29 is 50.0 Å². The van der Waals surface area contributed by atoms with Gasteiger partial charge in [0.15, 0.2) is 6.29 Å². The lowest BCUT2D eigenvalue weighted by Gasteiger charge is -2.40. The van der Waals surface area contributed by atoms with Crippen LogP contribution in [0.2, 0.25) is 0 Å². The summed E-state index contributed by atoms with van der Waals surface area (Å²) in [7, 11) is 0. The maximum absolute atomic E-state index is 13.2. The molecule has 1 aliphatic rings. The third-order valence-electron chi connectivity index (χ3n) is 16.4. The van der Waals surface area contributed by atoms with Crippen LogP contribution >= 0.6 is 0 Å². The van der Waals surface area contributed by atoms with Gasteiger partial charge in [0.1, 0.15) is 36.6 Å². The fourth-order valence-corrected chi connectivity index (χ4v) is 11.1. The number of hydrogen-bond acceptors (Lipinski definition) is 10. The molecule has 0 aliphatic carbocycles. The quantitative estimate of drug-likeness (QED) is 0.0272. The summed E-state index contributed by atoms with van der Waals surface area (Å²) in [5.41, 5.74) is 0. The van der Waals surface area contributed by atoms with Gasteiger partial charge in [-0.25, -0.2) is 0 Å². The van der Waals surface area contributed by atoms with Crippen molar-refractivity contribution in [3.8, 4) is 0 Å². The average Bonchev–Trinajstić information content (AvgIpc) is 3.41. The van der Waals surface area contributed by atoms with E-state index < -0.39 is 74.2 Å². The number of hydrogen-bond donors (Lipinski definition) is 8. The minimum Gasteiger partial charge on any atom is -0.394 e. The van der Waals surface area contributed by atoms with Gasteiger partial charge in [-0.05, 0) is 12.8 Å². The van der Waals surface area contributed by atoms with E-state index in [1.807, 2.05) is 0 Å². The molecule has 1 aliphatic heterocycles. The molecule has 0 saturated carbocycles. The van der Waals surface area contributed by atoms with Crippen molar-refractivity contribution >= 4 is 5.91 Å². The van der Waals surface area contributed by atoms with Gasteiger partial charge in [-0.15, -0.1) is 0 Å². The fourth-order valence-electron chi connectivity index (χ4n) is 11.1. The highest BCUT2D eigenvalue weighted by atomic mass is 16.7. The largest absolute Gasteiger partial charge is 0.394 e. The van der Waals surface area contributed by atoms with Gasteiger partial charge in [0.2, 0.25) is 5.91 Å². The molecule has 11 heteroatoms. The molecular weight excluding hydrogens is 943 g/mol. The molecule has 0 spiro atoms. The molecular formula is C64H127NO10. The van der Waals surface area contributed by atoms with E-state index in [1.54, 1.807) is 0 Å². The van der Waals surface area contributed by atoms with Gasteiger partial charge < -0.3 is 50.5 Å². The average molecular weight is 1070 g/mol. The maximum atomic E-state index is 13.2. The Balaban J connectivity index is 2.21. The predicted molar refractivity (Wildman–Crippen MR) is 312 cm³/mol. The van der Waals surface area contributed by atoms with E-state index in [0.29, 0.717) is 19.3 Å². The Kier molecular flexibility index (Phi) is 51.7. The normalized spacial score (nSPS) is 19.6. The maximum Gasteiger partial charge on any atom is 0.249 e. The third-order valence-corrected chi connectivity index (χ3v) is 16.4. The van der Waals surface area contributed by atoms with Gasteiger partial charge in [0.05, 0.1) is 25.4 Å². The van der Waals surface area contributed by atoms with Crippen molar-refractivity contribution in [1.29, 1.82) is 0 Å². The molecule has 9 unspecified atom stereocenters. The first-order chi connectivity index (χ1) is 36.7. The first-order valence-electron chi connectivity index (χ1n) is 32.9. The monoisotopic (exact) mass is 1070 g/mol. The Hall–Kier alpha value is -0.890. The lowest BCUT2D eigenvalue weighted by atomic mass is 9.98. The Morgan fingerprint density at radius 3 is 0.987 bits per heavy atom. The molecule has 0 aromatic heterocycles. The minimum absolute atomic E-state index is 0.267.